The first-order chi connectivity index (χ1) is 13.7. The van der Waals surface area contributed by atoms with Crippen LogP contribution in [0.4, 0.5) is 0 Å². The summed E-state index contributed by atoms with van der Waals surface area (Å²) in [6, 6.07) is -0.994. The minimum absolute atomic E-state index is 0.195. The molecule has 3 heterocycles. The number of carbonyl (C=O) groups excluding carboxylic acids is 1. The monoisotopic (exact) mass is 422 g/mol. The molecule has 0 aromatic rings. The van der Waals surface area contributed by atoms with E-state index in [-0.39, 0.29) is 6.54 Å². The van der Waals surface area contributed by atoms with E-state index in [0.29, 0.717) is 0 Å². The Kier molecular flexibility index (Phi) is 7.10. The molecule has 0 aromatic carbocycles. The van der Waals surface area contributed by atoms with Crippen molar-refractivity contribution in [2.45, 2.75) is 74.9 Å². The van der Waals surface area contributed by atoms with Crippen molar-refractivity contribution in [2.75, 3.05) is 26.9 Å². The minimum atomic E-state index is -1.28. The molecule has 0 bridgehead atoms. The van der Waals surface area contributed by atoms with Crippen molar-refractivity contribution in [1.82, 2.24) is 0 Å². The van der Waals surface area contributed by atoms with Gasteiger partial charge >= 0.3 is 5.97 Å². The number of carbonyl (C=O) groups is 1. The highest BCUT2D eigenvalue weighted by atomic mass is 16.8. The lowest BCUT2D eigenvalue weighted by Gasteiger charge is -2.43. The minimum Gasteiger partial charge on any atom is -0.467 e. The van der Waals surface area contributed by atoms with E-state index in [4.69, 9.17) is 39.9 Å². The van der Waals surface area contributed by atoms with Crippen LogP contribution in [0.3, 0.4) is 0 Å². The van der Waals surface area contributed by atoms with Crippen molar-refractivity contribution in [3.8, 4) is 0 Å². The standard InChI is InChI=1S/C17H30N2O10/c1-17(2)28-12-7(4-18)25-16(14(12)29-17)27-15-10(19)13(24-6-9(21)23-3)11(22)8(5-20)26-15/h7-8,10-16,20,22H,4-6,18-19H2,1-3H3/t7-,8?,10?,11-,12?,13-,14-,15?,16?/m1/s1. The second-order valence-corrected chi connectivity index (χ2v) is 7.62. The van der Waals surface area contributed by atoms with Crippen LogP contribution in [0.5, 0.6) is 0 Å². The van der Waals surface area contributed by atoms with E-state index in [0.717, 1.165) is 0 Å². The van der Waals surface area contributed by atoms with Gasteiger partial charge in [0, 0.05) is 6.54 Å². The number of ether oxygens (including phenoxy) is 7. The number of methoxy groups -OCH3 is 1. The van der Waals surface area contributed by atoms with Crippen LogP contribution in [-0.4, -0.2) is 104 Å². The maximum Gasteiger partial charge on any atom is 0.331 e. The van der Waals surface area contributed by atoms with Gasteiger partial charge in [0.05, 0.1) is 19.8 Å². The summed E-state index contributed by atoms with van der Waals surface area (Å²) in [5, 5.41) is 19.9. The third kappa shape index (κ3) is 4.71. The van der Waals surface area contributed by atoms with Crippen LogP contribution in [0.15, 0.2) is 0 Å². The summed E-state index contributed by atoms with van der Waals surface area (Å²) in [4.78, 5) is 11.4. The van der Waals surface area contributed by atoms with Crippen molar-refractivity contribution in [2.24, 2.45) is 11.5 Å². The molecule has 0 spiro atoms. The molecule has 12 nitrogen and oxygen atoms in total. The van der Waals surface area contributed by atoms with Gasteiger partial charge < -0.3 is 54.8 Å². The number of aliphatic hydroxyl groups excluding tert-OH is 2. The zero-order valence-electron chi connectivity index (χ0n) is 16.6. The van der Waals surface area contributed by atoms with Crippen molar-refractivity contribution in [3.05, 3.63) is 0 Å². The number of hydrogen-bond donors (Lipinski definition) is 4. The number of nitrogens with two attached hydrogens (primary N) is 2. The number of esters is 1. The maximum atomic E-state index is 11.4. The maximum absolute atomic E-state index is 11.4. The fraction of sp³-hybridized carbons (Fsp3) is 0.941. The molecule has 3 rings (SSSR count). The third-order valence-electron chi connectivity index (χ3n) is 5.13. The molecule has 12 heteroatoms. The van der Waals surface area contributed by atoms with E-state index in [9.17, 15) is 15.0 Å². The first kappa shape index (κ1) is 22.7. The van der Waals surface area contributed by atoms with E-state index >= 15 is 0 Å². The Bertz CT molecular complexity index is 578. The van der Waals surface area contributed by atoms with Crippen LogP contribution in [0.25, 0.3) is 0 Å². The lowest BCUT2D eigenvalue weighted by molar-refractivity contribution is -0.326. The fourth-order valence-corrected chi connectivity index (χ4v) is 3.72. The van der Waals surface area contributed by atoms with Crippen LogP contribution in [0, 0.1) is 0 Å². The Hall–Kier alpha value is -0.930. The van der Waals surface area contributed by atoms with Gasteiger partial charge in [-0.15, -0.1) is 0 Å². The van der Waals surface area contributed by atoms with Gasteiger partial charge in [-0.3, -0.25) is 0 Å². The van der Waals surface area contributed by atoms with Gasteiger partial charge in [-0.1, -0.05) is 0 Å². The molecule has 3 aliphatic rings. The van der Waals surface area contributed by atoms with Crippen molar-refractivity contribution < 1.29 is 48.2 Å². The predicted molar refractivity (Wildman–Crippen MR) is 94.1 cm³/mol. The Morgan fingerprint density at radius 3 is 2.41 bits per heavy atom. The lowest BCUT2D eigenvalue weighted by Crippen LogP contribution is -2.64. The summed E-state index contributed by atoms with van der Waals surface area (Å²) in [6.45, 7) is 2.80. The number of rotatable bonds is 7. The first-order valence-electron chi connectivity index (χ1n) is 9.45. The Labute approximate surface area is 168 Å². The van der Waals surface area contributed by atoms with E-state index in [2.05, 4.69) is 4.74 Å². The predicted octanol–water partition coefficient (Wildman–Crippen LogP) is -2.83. The molecule has 168 valence electrons. The zero-order valence-corrected chi connectivity index (χ0v) is 16.6. The Balaban J connectivity index is 1.71. The summed E-state index contributed by atoms with van der Waals surface area (Å²) in [5.41, 5.74) is 11.9. The average molecular weight is 422 g/mol. The molecule has 0 aromatic heterocycles. The first-order valence-corrected chi connectivity index (χ1v) is 9.45. The largest absolute Gasteiger partial charge is 0.467 e. The summed E-state index contributed by atoms with van der Waals surface area (Å²) in [6.07, 6.45) is -6.83. The number of hydrogen-bond acceptors (Lipinski definition) is 12. The SMILES string of the molecule is COC(=O)CO[C@@H]1C(N)C(OC2O[C@H](CN)C3OC(C)(C)O[C@@H]23)OC(CO)[C@H]1O. The van der Waals surface area contributed by atoms with Gasteiger partial charge in [0.25, 0.3) is 0 Å². The molecule has 9 atom stereocenters. The normalized spacial score (nSPS) is 43.9. The summed E-state index contributed by atoms with van der Waals surface area (Å²) in [5.74, 6) is -1.47. The van der Waals surface area contributed by atoms with E-state index in [1.54, 1.807) is 13.8 Å². The molecule has 3 aliphatic heterocycles. The van der Waals surface area contributed by atoms with Gasteiger partial charge in [-0.05, 0) is 13.8 Å². The highest BCUT2D eigenvalue weighted by Gasteiger charge is 2.57. The molecule has 5 unspecified atom stereocenters. The lowest BCUT2D eigenvalue weighted by atomic mass is 9.97. The Morgan fingerprint density at radius 1 is 1.14 bits per heavy atom. The molecule has 3 saturated heterocycles. The van der Waals surface area contributed by atoms with Crippen LogP contribution in [-0.2, 0) is 38.0 Å². The van der Waals surface area contributed by atoms with E-state index < -0.39 is 80.2 Å². The number of fused-ring (bicyclic) bond motifs is 1. The van der Waals surface area contributed by atoms with Crippen molar-refractivity contribution >= 4 is 5.97 Å². The molecule has 0 saturated carbocycles. The molecular formula is C17H30N2O10. The fourth-order valence-electron chi connectivity index (χ4n) is 3.72. The molecular weight excluding hydrogens is 392 g/mol. The zero-order chi connectivity index (χ0) is 21.3. The van der Waals surface area contributed by atoms with Gasteiger partial charge in [-0.2, -0.15) is 0 Å². The molecule has 3 fully saturated rings. The van der Waals surface area contributed by atoms with Gasteiger partial charge in [-0.25, -0.2) is 4.79 Å². The highest BCUT2D eigenvalue weighted by Crippen LogP contribution is 2.40. The molecule has 29 heavy (non-hydrogen) atoms. The van der Waals surface area contributed by atoms with Crippen molar-refractivity contribution in [3.63, 3.8) is 0 Å². The van der Waals surface area contributed by atoms with Crippen LogP contribution >= 0.6 is 0 Å². The summed E-state index contributed by atoms with van der Waals surface area (Å²) >= 11 is 0. The van der Waals surface area contributed by atoms with E-state index in [1.165, 1.54) is 7.11 Å². The summed E-state index contributed by atoms with van der Waals surface area (Å²) < 4.78 is 39.0. The third-order valence-corrected chi connectivity index (χ3v) is 5.13. The second-order valence-electron chi connectivity index (χ2n) is 7.62. The van der Waals surface area contributed by atoms with Crippen LogP contribution in [0.2, 0.25) is 0 Å². The Morgan fingerprint density at radius 2 is 1.79 bits per heavy atom. The van der Waals surface area contributed by atoms with Gasteiger partial charge in [0.15, 0.2) is 18.4 Å². The van der Waals surface area contributed by atoms with Crippen LogP contribution < -0.4 is 11.5 Å². The molecule has 0 radical (unpaired) electrons. The topological polar surface area (TPSA) is 174 Å². The van der Waals surface area contributed by atoms with Gasteiger partial charge in [0.1, 0.15) is 43.2 Å². The highest BCUT2D eigenvalue weighted by molar-refractivity contribution is 5.70. The van der Waals surface area contributed by atoms with Crippen LogP contribution in [0.1, 0.15) is 13.8 Å². The quantitative estimate of drug-likeness (QED) is 0.310. The van der Waals surface area contributed by atoms with Crippen molar-refractivity contribution in [1.29, 1.82) is 0 Å². The molecule has 0 aliphatic carbocycles. The molecule has 6 N–H and O–H groups in total. The van der Waals surface area contributed by atoms with Gasteiger partial charge in [0.2, 0.25) is 0 Å². The number of aliphatic hydroxyl groups is 2. The smallest absolute Gasteiger partial charge is 0.331 e. The average Bonchev–Trinajstić information content (AvgIpc) is 3.16. The molecule has 0 amide bonds. The van der Waals surface area contributed by atoms with E-state index in [1.807, 2.05) is 0 Å². The second kappa shape index (κ2) is 9.06. The summed E-state index contributed by atoms with van der Waals surface area (Å²) in [7, 11) is 1.21.